The molecule has 2 N–H and O–H groups in total. The van der Waals surface area contributed by atoms with Gasteiger partial charge in [-0.3, -0.25) is 0 Å². The van der Waals surface area contributed by atoms with Crippen LogP contribution in [0.4, 0.5) is 5.00 Å². The fourth-order valence-electron chi connectivity index (χ4n) is 0.784. The lowest BCUT2D eigenvalue weighted by atomic mass is 10.5. The van der Waals surface area contributed by atoms with Gasteiger partial charge in [0, 0.05) is 17.3 Å². The van der Waals surface area contributed by atoms with Crippen molar-refractivity contribution in [2.45, 2.75) is 14.4 Å². The van der Waals surface area contributed by atoms with Crippen LogP contribution < -0.4 is 5.73 Å². The maximum absolute atomic E-state index is 5.68. The molecule has 0 saturated carbocycles. The minimum atomic E-state index is 0.678. The number of rotatable bonds is 4. The third-order valence-corrected chi connectivity index (χ3v) is 5.12. The summed E-state index contributed by atoms with van der Waals surface area (Å²) in [5.41, 5.74) is 6.50. The highest BCUT2D eigenvalue weighted by Gasteiger charge is 2.08. The van der Waals surface area contributed by atoms with Crippen LogP contribution in [0.15, 0.2) is 8.68 Å². The lowest BCUT2D eigenvalue weighted by Crippen LogP contribution is -1.88. The van der Waals surface area contributed by atoms with Crippen LogP contribution in [0, 0.1) is 0 Å². The highest BCUT2D eigenvalue weighted by Crippen LogP contribution is 2.30. The molecule has 0 aromatic carbocycles. The largest absolute Gasteiger partial charge is 0.388 e. The molecule has 2 heterocycles. The van der Waals surface area contributed by atoms with E-state index in [9.17, 15) is 0 Å². The van der Waals surface area contributed by atoms with Crippen LogP contribution in [0.5, 0.6) is 0 Å². The predicted molar refractivity (Wildman–Crippen MR) is 65.6 cm³/mol. The van der Waals surface area contributed by atoms with Gasteiger partial charge in [-0.2, -0.15) is 0 Å². The molecule has 2 rings (SSSR count). The first kappa shape index (κ1) is 11.1. The first-order valence-electron chi connectivity index (χ1n) is 3.86. The Labute approximate surface area is 103 Å². The van der Waals surface area contributed by atoms with Crippen LogP contribution >= 0.6 is 46.4 Å². The SMILES string of the molecule is CSc1nnc(SCc2nnsc2N)s1. The number of anilines is 1. The van der Waals surface area contributed by atoms with Gasteiger partial charge in [0.15, 0.2) is 8.68 Å². The van der Waals surface area contributed by atoms with E-state index in [2.05, 4.69) is 19.8 Å². The fraction of sp³-hybridized carbons (Fsp3) is 0.333. The molecule has 0 fully saturated rings. The van der Waals surface area contributed by atoms with Gasteiger partial charge >= 0.3 is 0 Å². The summed E-state index contributed by atoms with van der Waals surface area (Å²) in [7, 11) is 0. The highest BCUT2D eigenvalue weighted by molar-refractivity contribution is 8.02. The molecular formula is C6H7N5S4. The predicted octanol–water partition coefficient (Wildman–Crippen LogP) is 1.99. The van der Waals surface area contributed by atoms with Gasteiger partial charge in [0.25, 0.3) is 0 Å². The molecule has 2 aromatic rings. The summed E-state index contributed by atoms with van der Waals surface area (Å²) in [5, 5.41) is 12.7. The number of hydrogen-bond donors (Lipinski definition) is 1. The molecule has 15 heavy (non-hydrogen) atoms. The van der Waals surface area contributed by atoms with E-state index in [1.54, 1.807) is 34.9 Å². The smallest absolute Gasteiger partial charge is 0.175 e. The summed E-state index contributed by atoms with van der Waals surface area (Å²) in [6.45, 7) is 0. The highest BCUT2D eigenvalue weighted by atomic mass is 32.2. The van der Waals surface area contributed by atoms with E-state index in [0.29, 0.717) is 10.8 Å². The van der Waals surface area contributed by atoms with Crippen LogP contribution in [-0.2, 0) is 5.75 Å². The van der Waals surface area contributed by atoms with Crippen molar-refractivity contribution in [3.63, 3.8) is 0 Å². The second-order valence-corrected chi connectivity index (χ2v) is 6.45. The van der Waals surface area contributed by atoms with Crippen molar-refractivity contribution in [1.82, 2.24) is 19.8 Å². The Morgan fingerprint density at radius 1 is 1.27 bits per heavy atom. The minimum absolute atomic E-state index is 0.678. The van der Waals surface area contributed by atoms with Crippen LogP contribution in [0.1, 0.15) is 5.69 Å². The number of aromatic nitrogens is 4. The lowest BCUT2D eigenvalue weighted by molar-refractivity contribution is 0.954. The first-order chi connectivity index (χ1) is 7.29. The van der Waals surface area contributed by atoms with Gasteiger partial charge in [0.05, 0.1) is 0 Å². The Kier molecular flexibility index (Phi) is 3.78. The zero-order chi connectivity index (χ0) is 10.7. The van der Waals surface area contributed by atoms with Gasteiger partial charge in [0.1, 0.15) is 10.7 Å². The van der Waals surface area contributed by atoms with Crippen LogP contribution in [-0.4, -0.2) is 26.0 Å². The second-order valence-electron chi connectivity index (χ2n) is 2.41. The number of nitrogens with zero attached hydrogens (tertiary/aromatic N) is 4. The topological polar surface area (TPSA) is 77.6 Å². The minimum Gasteiger partial charge on any atom is -0.388 e. The van der Waals surface area contributed by atoms with Gasteiger partial charge in [-0.1, -0.05) is 39.3 Å². The van der Waals surface area contributed by atoms with Crippen molar-refractivity contribution in [1.29, 1.82) is 0 Å². The number of nitrogen functional groups attached to an aromatic ring is 1. The molecule has 0 aliphatic carbocycles. The summed E-state index contributed by atoms with van der Waals surface area (Å²) in [6.07, 6.45) is 1.98. The Hall–Kier alpha value is -0.380. The summed E-state index contributed by atoms with van der Waals surface area (Å²) < 4.78 is 5.68. The maximum Gasteiger partial charge on any atom is 0.175 e. The van der Waals surface area contributed by atoms with Crippen molar-refractivity contribution in [3.05, 3.63) is 5.69 Å². The van der Waals surface area contributed by atoms with Gasteiger partial charge in [-0.05, 0) is 6.26 Å². The van der Waals surface area contributed by atoms with E-state index >= 15 is 0 Å². The van der Waals surface area contributed by atoms with Crippen LogP contribution in [0.2, 0.25) is 0 Å². The summed E-state index contributed by atoms with van der Waals surface area (Å²) >= 11 is 5.98. The molecule has 0 spiro atoms. The van der Waals surface area contributed by atoms with E-state index in [-0.39, 0.29) is 0 Å². The first-order valence-corrected chi connectivity index (χ1v) is 7.66. The molecule has 0 atom stereocenters. The van der Waals surface area contributed by atoms with Crippen molar-refractivity contribution in [2.24, 2.45) is 0 Å². The van der Waals surface area contributed by atoms with Gasteiger partial charge in [-0.15, -0.1) is 15.3 Å². The van der Waals surface area contributed by atoms with Crippen molar-refractivity contribution < 1.29 is 0 Å². The Bertz CT molecular complexity index is 438. The molecule has 0 aliphatic heterocycles. The summed E-state index contributed by atoms with van der Waals surface area (Å²) in [5.74, 6) is 0.700. The van der Waals surface area contributed by atoms with Gasteiger partial charge in [-0.25, -0.2) is 0 Å². The maximum atomic E-state index is 5.68. The number of thioether (sulfide) groups is 2. The normalized spacial score (nSPS) is 10.7. The monoisotopic (exact) mass is 277 g/mol. The summed E-state index contributed by atoms with van der Waals surface area (Å²) in [6, 6.07) is 0. The zero-order valence-corrected chi connectivity index (χ0v) is 11.0. The van der Waals surface area contributed by atoms with E-state index in [1.807, 2.05) is 6.26 Å². The molecule has 5 nitrogen and oxygen atoms in total. The third kappa shape index (κ3) is 2.80. The van der Waals surface area contributed by atoms with Crippen LogP contribution in [0.3, 0.4) is 0 Å². The zero-order valence-electron chi connectivity index (χ0n) is 7.71. The number of nitrogens with two attached hydrogens (primary N) is 1. The number of hydrogen-bond acceptors (Lipinski definition) is 9. The molecule has 0 radical (unpaired) electrons. The van der Waals surface area contributed by atoms with Gasteiger partial charge < -0.3 is 5.73 Å². The molecule has 0 aliphatic rings. The standard InChI is InChI=1S/C6H7N5S4/c1-12-5-9-10-6(14-5)13-2-3-4(7)15-11-8-3/h2,7H2,1H3. The Morgan fingerprint density at radius 2 is 2.07 bits per heavy atom. The fourth-order valence-corrected chi connectivity index (χ4v) is 3.71. The molecule has 0 bridgehead atoms. The average molecular weight is 277 g/mol. The van der Waals surface area contributed by atoms with Crippen molar-refractivity contribution in [3.8, 4) is 0 Å². The molecule has 2 aromatic heterocycles. The molecule has 0 saturated heterocycles. The quantitative estimate of drug-likeness (QED) is 0.856. The van der Waals surface area contributed by atoms with Crippen molar-refractivity contribution in [2.75, 3.05) is 12.0 Å². The van der Waals surface area contributed by atoms with E-state index in [1.165, 1.54) is 11.5 Å². The Morgan fingerprint density at radius 3 is 2.67 bits per heavy atom. The van der Waals surface area contributed by atoms with Gasteiger partial charge in [0.2, 0.25) is 0 Å². The molecule has 80 valence electrons. The van der Waals surface area contributed by atoms with E-state index in [0.717, 1.165) is 14.4 Å². The third-order valence-electron chi connectivity index (χ3n) is 1.48. The van der Waals surface area contributed by atoms with E-state index < -0.39 is 0 Å². The Balaban J connectivity index is 1.96. The average Bonchev–Trinajstić information content (AvgIpc) is 2.84. The summed E-state index contributed by atoms with van der Waals surface area (Å²) in [4.78, 5) is 0. The second kappa shape index (κ2) is 5.10. The van der Waals surface area contributed by atoms with Crippen molar-refractivity contribution >= 4 is 51.4 Å². The lowest BCUT2D eigenvalue weighted by Gasteiger charge is -1.92. The van der Waals surface area contributed by atoms with E-state index in [4.69, 9.17) is 5.73 Å². The molecular weight excluding hydrogens is 270 g/mol. The van der Waals surface area contributed by atoms with Crippen LogP contribution in [0.25, 0.3) is 0 Å². The molecule has 0 unspecified atom stereocenters. The molecule has 0 amide bonds. The molecule has 9 heteroatoms.